The van der Waals surface area contributed by atoms with Gasteiger partial charge in [0.2, 0.25) is 0 Å². The highest BCUT2D eigenvalue weighted by molar-refractivity contribution is 6.32. The molecule has 0 bridgehead atoms. The Balaban J connectivity index is 1.85. The normalized spacial score (nSPS) is 19.8. The van der Waals surface area contributed by atoms with Crippen molar-refractivity contribution < 1.29 is 26.7 Å². The summed E-state index contributed by atoms with van der Waals surface area (Å²) in [7, 11) is 0. The van der Waals surface area contributed by atoms with Gasteiger partial charge in [0.05, 0.1) is 5.92 Å². The predicted octanol–water partition coefficient (Wildman–Crippen LogP) is 6.66. The van der Waals surface area contributed by atoms with Crippen molar-refractivity contribution in [3.05, 3.63) is 46.0 Å². The summed E-state index contributed by atoms with van der Waals surface area (Å²) in [5.74, 6) is -3.26. The maximum atomic E-state index is 14.9. The number of aryl methyl sites for hydroxylation is 1. The largest absolute Gasteiger partial charge is 0.391 e. The number of aromatic nitrogens is 2. The summed E-state index contributed by atoms with van der Waals surface area (Å²) in [5, 5.41) is 2.57. The first-order valence-electron chi connectivity index (χ1n) is 11.5. The minimum absolute atomic E-state index is 0.127. The summed E-state index contributed by atoms with van der Waals surface area (Å²) >= 11 is 6.36. The van der Waals surface area contributed by atoms with Crippen LogP contribution in [0.15, 0.2) is 12.1 Å². The highest BCUT2D eigenvalue weighted by Gasteiger charge is 2.36. The molecule has 1 N–H and O–H groups in total. The van der Waals surface area contributed by atoms with E-state index < -0.39 is 41.7 Å². The minimum atomic E-state index is -4.48. The molecule has 0 aliphatic heterocycles. The molecule has 0 radical (unpaired) electrons. The number of alkyl halides is 3. The van der Waals surface area contributed by atoms with Crippen molar-refractivity contribution in [2.45, 2.75) is 65.5 Å². The molecule has 3 rings (SSSR count). The van der Waals surface area contributed by atoms with Crippen LogP contribution in [0.1, 0.15) is 68.3 Å². The van der Waals surface area contributed by atoms with Crippen molar-refractivity contribution in [3.63, 3.8) is 0 Å². The van der Waals surface area contributed by atoms with E-state index in [2.05, 4.69) is 17.2 Å². The molecule has 4 nitrogen and oxygen atoms in total. The van der Waals surface area contributed by atoms with Crippen molar-refractivity contribution in [2.75, 3.05) is 6.54 Å². The van der Waals surface area contributed by atoms with Gasteiger partial charge in [-0.1, -0.05) is 45.2 Å². The number of amides is 1. The second-order valence-corrected chi connectivity index (χ2v) is 9.61. The van der Waals surface area contributed by atoms with Crippen LogP contribution in [0.3, 0.4) is 0 Å². The van der Waals surface area contributed by atoms with Crippen LogP contribution < -0.4 is 5.32 Å². The number of halogens is 6. The Morgan fingerprint density at radius 1 is 1.21 bits per heavy atom. The van der Waals surface area contributed by atoms with Gasteiger partial charge in [-0.2, -0.15) is 13.2 Å². The summed E-state index contributed by atoms with van der Waals surface area (Å²) in [6.45, 7) is 5.31. The molecule has 34 heavy (non-hydrogen) atoms. The van der Waals surface area contributed by atoms with Gasteiger partial charge in [-0.05, 0) is 48.8 Å². The number of benzene rings is 1. The smallest absolute Gasteiger partial charge is 0.350 e. The minimum Gasteiger partial charge on any atom is -0.350 e. The summed E-state index contributed by atoms with van der Waals surface area (Å²) < 4.78 is 69.5. The Hall–Kier alpha value is -2.16. The molecule has 1 amide bonds. The van der Waals surface area contributed by atoms with E-state index in [1.165, 1.54) is 0 Å². The molecule has 1 aliphatic carbocycles. The molecule has 2 aromatic rings. The molecule has 1 unspecified atom stereocenters. The number of hydrogen-bond acceptors (Lipinski definition) is 2. The number of carbonyl (C=O) groups is 1. The average Bonchev–Trinajstić information content (AvgIpc) is 3.08. The topological polar surface area (TPSA) is 46.9 Å². The number of carbonyl (C=O) groups excluding carboxylic acids is 1. The highest BCUT2D eigenvalue weighted by Crippen LogP contribution is 2.32. The first-order valence-corrected chi connectivity index (χ1v) is 11.9. The lowest BCUT2D eigenvalue weighted by molar-refractivity contribution is -0.169. The summed E-state index contributed by atoms with van der Waals surface area (Å²) in [4.78, 5) is 17.0. The van der Waals surface area contributed by atoms with Gasteiger partial charge < -0.3 is 5.32 Å². The summed E-state index contributed by atoms with van der Waals surface area (Å²) in [6.07, 6.45) is -0.590. The monoisotopic (exact) mass is 505 g/mol. The van der Waals surface area contributed by atoms with Gasteiger partial charge in [0.1, 0.15) is 16.7 Å². The van der Waals surface area contributed by atoms with Crippen molar-refractivity contribution in [1.29, 1.82) is 0 Å². The van der Waals surface area contributed by atoms with E-state index in [0.29, 0.717) is 18.4 Å². The lowest BCUT2D eigenvalue weighted by Gasteiger charge is -2.26. The number of nitrogens with zero attached hydrogens (tertiary/aromatic N) is 2. The van der Waals surface area contributed by atoms with E-state index >= 15 is 0 Å². The number of nitrogens with one attached hydrogen (secondary N) is 1. The highest BCUT2D eigenvalue weighted by atomic mass is 35.5. The number of hydrogen-bond donors (Lipinski definition) is 1. The Morgan fingerprint density at radius 3 is 2.32 bits per heavy atom. The molecular weight excluding hydrogens is 477 g/mol. The fraction of sp³-hybridized carbons (Fsp3) is 0.583. The van der Waals surface area contributed by atoms with E-state index in [0.717, 1.165) is 49.3 Å². The quantitative estimate of drug-likeness (QED) is 0.427. The maximum Gasteiger partial charge on any atom is 0.391 e. The van der Waals surface area contributed by atoms with Gasteiger partial charge in [0.25, 0.3) is 5.91 Å². The van der Waals surface area contributed by atoms with Crippen LogP contribution in [0.25, 0.3) is 5.69 Å². The van der Waals surface area contributed by atoms with Crippen LogP contribution in [0.4, 0.5) is 22.0 Å². The molecule has 10 heteroatoms. The molecule has 1 saturated carbocycles. The zero-order valence-electron chi connectivity index (χ0n) is 19.4. The third-order valence-corrected chi connectivity index (χ3v) is 6.86. The molecule has 1 aromatic carbocycles. The SMILES string of the molecule is CCc1nc(C(=O)NCC2CCC(C)CC2)c(Cl)n1-c1c(F)cc(CC(C)C(F)(F)F)cc1F. The Bertz CT molecular complexity index is 1010. The zero-order valence-corrected chi connectivity index (χ0v) is 20.2. The van der Waals surface area contributed by atoms with Gasteiger partial charge in [0, 0.05) is 13.0 Å². The second kappa shape index (κ2) is 10.6. The van der Waals surface area contributed by atoms with Crippen molar-refractivity contribution in [2.24, 2.45) is 17.8 Å². The third-order valence-electron chi connectivity index (χ3n) is 6.51. The van der Waals surface area contributed by atoms with Gasteiger partial charge in [-0.3, -0.25) is 9.36 Å². The van der Waals surface area contributed by atoms with Crippen LogP contribution in [-0.2, 0) is 12.8 Å². The lowest BCUT2D eigenvalue weighted by Crippen LogP contribution is -2.31. The Morgan fingerprint density at radius 2 is 1.79 bits per heavy atom. The molecule has 1 atom stereocenters. The van der Waals surface area contributed by atoms with E-state index in [1.807, 2.05) is 0 Å². The number of rotatable bonds is 7. The van der Waals surface area contributed by atoms with Gasteiger partial charge >= 0.3 is 6.18 Å². The van der Waals surface area contributed by atoms with Crippen LogP contribution in [-0.4, -0.2) is 28.2 Å². The van der Waals surface area contributed by atoms with E-state index in [1.54, 1.807) is 6.92 Å². The van der Waals surface area contributed by atoms with Gasteiger partial charge in [-0.15, -0.1) is 0 Å². The van der Waals surface area contributed by atoms with E-state index in [9.17, 15) is 26.7 Å². The second-order valence-electron chi connectivity index (χ2n) is 9.25. The summed E-state index contributed by atoms with van der Waals surface area (Å²) in [5.41, 5.74) is -0.841. The third kappa shape index (κ3) is 5.90. The maximum absolute atomic E-state index is 14.9. The van der Waals surface area contributed by atoms with Crippen LogP contribution in [0.2, 0.25) is 5.15 Å². The molecule has 188 valence electrons. The molecule has 0 saturated heterocycles. The molecule has 1 aliphatic rings. The molecule has 1 heterocycles. The predicted molar refractivity (Wildman–Crippen MR) is 120 cm³/mol. The number of imidazole rings is 1. The van der Waals surface area contributed by atoms with Gasteiger partial charge in [0.15, 0.2) is 17.3 Å². The van der Waals surface area contributed by atoms with Crippen molar-refractivity contribution in [1.82, 2.24) is 14.9 Å². The van der Waals surface area contributed by atoms with Crippen LogP contribution in [0.5, 0.6) is 0 Å². The molecule has 1 fully saturated rings. The fourth-order valence-corrected chi connectivity index (χ4v) is 4.64. The van der Waals surface area contributed by atoms with Crippen molar-refractivity contribution in [3.8, 4) is 5.69 Å². The first kappa shape index (κ1) is 26.4. The Labute approximate surface area is 200 Å². The zero-order chi connectivity index (χ0) is 25.2. The fourth-order valence-electron chi connectivity index (χ4n) is 4.33. The summed E-state index contributed by atoms with van der Waals surface area (Å²) in [6, 6.07) is 1.72. The first-order chi connectivity index (χ1) is 15.9. The molecule has 1 aromatic heterocycles. The molecule has 0 spiro atoms. The average molecular weight is 506 g/mol. The molecular formula is C24H29ClF5N3O. The van der Waals surface area contributed by atoms with Gasteiger partial charge in [-0.25, -0.2) is 13.8 Å². The van der Waals surface area contributed by atoms with Crippen molar-refractivity contribution >= 4 is 17.5 Å². The van der Waals surface area contributed by atoms with E-state index in [-0.39, 0.29) is 28.7 Å². The van der Waals surface area contributed by atoms with E-state index in [4.69, 9.17) is 11.6 Å². The van der Waals surface area contributed by atoms with Crippen LogP contribution in [0, 0.1) is 29.4 Å². The lowest BCUT2D eigenvalue weighted by atomic mass is 9.83. The van der Waals surface area contributed by atoms with Crippen LogP contribution >= 0.6 is 11.6 Å². The standard InChI is InChI=1S/C24H29ClF5N3O/c1-4-19-32-20(23(34)31-12-15-7-5-13(2)6-8-15)22(25)33(19)21-17(26)10-16(11-18(21)27)9-14(3)24(28,29)30/h10-11,13-15H,4-9,12H2,1-3H3,(H,31,34). The Kier molecular flexibility index (Phi) is 8.26.